The van der Waals surface area contributed by atoms with Crippen LogP contribution in [0, 0.1) is 0 Å². The van der Waals surface area contributed by atoms with Crippen LogP contribution in [-0.2, 0) is 11.3 Å². The van der Waals surface area contributed by atoms with E-state index in [1.165, 1.54) is 5.56 Å². The standard InChI is InChI=1S/C12H19N3O/c1-3-15-9-10(8-14-15)7-13-11-5-12(6-11)16-4-2/h3,8-9,11-13H,1,4-7H2,2H3. The van der Waals surface area contributed by atoms with Gasteiger partial charge in [0.05, 0.1) is 12.3 Å². The van der Waals surface area contributed by atoms with Crippen LogP contribution in [-0.4, -0.2) is 28.5 Å². The van der Waals surface area contributed by atoms with E-state index >= 15 is 0 Å². The van der Waals surface area contributed by atoms with Crippen molar-refractivity contribution < 1.29 is 4.74 Å². The molecule has 0 amide bonds. The van der Waals surface area contributed by atoms with E-state index in [4.69, 9.17) is 4.74 Å². The first-order valence-corrected chi connectivity index (χ1v) is 5.82. The zero-order valence-corrected chi connectivity index (χ0v) is 9.72. The molecule has 0 spiro atoms. The van der Waals surface area contributed by atoms with Crippen molar-refractivity contribution in [2.24, 2.45) is 0 Å². The molecule has 1 fully saturated rings. The molecule has 0 aromatic carbocycles. The zero-order chi connectivity index (χ0) is 11.4. The Balaban J connectivity index is 1.67. The highest BCUT2D eigenvalue weighted by Crippen LogP contribution is 2.23. The van der Waals surface area contributed by atoms with Crippen LogP contribution in [0.2, 0.25) is 0 Å². The van der Waals surface area contributed by atoms with Crippen molar-refractivity contribution in [3.63, 3.8) is 0 Å². The van der Waals surface area contributed by atoms with Gasteiger partial charge in [-0.2, -0.15) is 5.10 Å². The number of nitrogens with zero attached hydrogens (tertiary/aromatic N) is 2. The van der Waals surface area contributed by atoms with Crippen molar-refractivity contribution in [3.05, 3.63) is 24.5 Å². The number of hydrogen-bond donors (Lipinski definition) is 1. The van der Waals surface area contributed by atoms with Crippen molar-refractivity contribution in [3.8, 4) is 0 Å². The molecule has 0 aliphatic heterocycles. The van der Waals surface area contributed by atoms with Crippen LogP contribution in [0.25, 0.3) is 6.20 Å². The summed E-state index contributed by atoms with van der Waals surface area (Å²) >= 11 is 0. The second kappa shape index (κ2) is 5.27. The van der Waals surface area contributed by atoms with E-state index in [1.807, 2.05) is 19.3 Å². The normalized spacial score (nSPS) is 24.1. The molecule has 0 atom stereocenters. The molecule has 1 aliphatic carbocycles. The summed E-state index contributed by atoms with van der Waals surface area (Å²) in [7, 11) is 0. The van der Waals surface area contributed by atoms with Crippen LogP contribution in [0.15, 0.2) is 19.0 Å². The highest BCUT2D eigenvalue weighted by molar-refractivity contribution is 5.17. The number of hydrogen-bond acceptors (Lipinski definition) is 3. The maximum atomic E-state index is 5.51. The van der Waals surface area contributed by atoms with Gasteiger partial charge in [-0.25, -0.2) is 4.68 Å². The summed E-state index contributed by atoms with van der Waals surface area (Å²) in [6.45, 7) is 7.40. The quantitative estimate of drug-likeness (QED) is 0.793. The lowest BCUT2D eigenvalue weighted by molar-refractivity contribution is -0.0102. The third-order valence-electron chi connectivity index (χ3n) is 2.93. The molecule has 4 nitrogen and oxygen atoms in total. The average molecular weight is 221 g/mol. The summed E-state index contributed by atoms with van der Waals surface area (Å²) < 4.78 is 7.23. The van der Waals surface area contributed by atoms with Gasteiger partial charge in [-0.1, -0.05) is 6.58 Å². The minimum Gasteiger partial charge on any atom is -0.378 e. The summed E-state index contributed by atoms with van der Waals surface area (Å²) in [6, 6.07) is 0.601. The Morgan fingerprint density at radius 2 is 2.50 bits per heavy atom. The third-order valence-corrected chi connectivity index (χ3v) is 2.93. The monoisotopic (exact) mass is 221 g/mol. The van der Waals surface area contributed by atoms with Gasteiger partial charge in [-0.15, -0.1) is 0 Å². The minimum atomic E-state index is 0.471. The SMILES string of the molecule is C=Cn1cc(CNC2CC(OCC)C2)cn1. The Bertz CT molecular complexity index is 342. The van der Waals surface area contributed by atoms with E-state index in [0.29, 0.717) is 12.1 Å². The summed E-state index contributed by atoms with van der Waals surface area (Å²) in [5, 5.41) is 7.63. The number of rotatable bonds is 6. The largest absolute Gasteiger partial charge is 0.378 e. The molecule has 0 bridgehead atoms. The Morgan fingerprint density at radius 3 is 3.12 bits per heavy atom. The van der Waals surface area contributed by atoms with E-state index in [1.54, 1.807) is 10.9 Å². The molecule has 1 heterocycles. The number of aromatic nitrogens is 2. The summed E-state index contributed by atoms with van der Waals surface area (Å²) in [4.78, 5) is 0. The van der Waals surface area contributed by atoms with Gasteiger partial charge in [0.25, 0.3) is 0 Å². The van der Waals surface area contributed by atoms with Crippen LogP contribution in [0.5, 0.6) is 0 Å². The Labute approximate surface area is 96.3 Å². The first kappa shape index (κ1) is 11.4. The minimum absolute atomic E-state index is 0.471. The predicted molar refractivity (Wildman–Crippen MR) is 63.9 cm³/mol. The van der Waals surface area contributed by atoms with Gasteiger partial charge in [0.2, 0.25) is 0 Å². The van der Waals surface area contributed by atoms with Crippen LogP contribution >= 0.6 is 0 Å². The summed E-state index contributed by atoms with van der Waals surface area (Å²) in [5.41, 5.74) is 1.19. The topological polar surface area (TPSA) is 39.1 Å². The number of nitrogens with one attached hydrogen (secondary N) is 1. The molecule has 0 unspecified atom stereocenters. The highest BCUT2D eigenvalue weighted by Gasteiger charge is 2.28. The zero-order valence-electron chi connectivity index (χ0n) is 9.72. The smallest absolute Gasteiger partial charge is 0.0604 e. The molecule has 1 aromatic rings. The molecule has 0 radical (unpaired) electrons. The molecule has 4 heteroatoms. The number of ether oxygens (including phenoxy) is 1. The van der Waals surface area contributed by atoms with Crippen LogP contribution in [0.4, 0.5) is 0 Å². The lowest BCUT2D eigenvalue weighted by atomic mass is 9.89. The molecular formula is C12H19N3O. The fourth-order valence-electron chi connectivity index (χ4n) is 1.93. The van der Waals surface area contributed by atoms with Crippen molar-refractivity contribution >= 4 is 6.20 Å². The van der Waals surface area contributed by atoms with Gasteiger partial charge in [-0.3, -0.25) is 0 Å². The maximum absolute atomic E-state index is 5.51. The molecule has 1 saturated carbocycles. The van der Waals surface area contributed by atoms with E-state index in [9.17, 15) is 0 Å². The first-order chi connectivity index (χ1) is 7.81. The Kier molecular flexibility index (Phi) is 3.74. The first-order valence-electron chi connectivity index (χ1n) is 5.82. The second-order valence-corrected chi connectivity index (χ2v) is 4.14. The second-order valence-electron chi connectivity index (χ2n) is 4.14. The molecule has 1 aromatic heterocycles. The molecule has 16 heavy (non-hydrogen) atoms. The average Bonchev–Trinajstić information content (AvgIpc) is 2.69. The molecule has 0 saturated heterocycles. The van der Waals surface area contributed by atoms with E-state index in [0.717, 1.165) is 26.0 Å². The third kappa shape index (κ3) is 2.71. The Hall–Kier alpha value is -1.13. The van der Waals surface area contributed by atoms with Crippen molar-refractivity contribution in [2.75, 3.05) is 6.61 Å². The lowest BCUT2D eigenvalue weighted by Gasteiger charge is -2.35. The van der Waals surface area contributed by atoms with E-state index in [2.05, 4.69) is 17.0 Å². The van der Waals surface area contributed by atoms with Crippen molar-refractivity contribution in [2.45, 2.75) is 38.5 Å². The predicted octanol–water partition coefficient (Wildman–Crippen LogP) is 1.64. The van der Waals surface area contributed by atoms with Crippen LogP contribution in [0.3, 0.4) is 0 Å². The van der Waals surface area contributed by atoms with Crippen LogP contribution < -0.4 is 5.32 Å². The molecule has 88 valence electrons. The Morgan fingerprint density at radius 1 is 1.69 bits per heavy atom. The molecule has 1 N–H and O–H groups in total. The van der Waals surface area contributed by atoms with Gasteiger partial charge in [0, 0.05) is 37.2 Å². The summed E-state index contributed by atoms with van der Waals surface area (Å²) in [6.07, 6.45) is 8.27. The molecule has 2 rings (SSSR count). The van der Waals surface area contributed by atoms with Crippen molar-refractivity contribution in [1.29, 1.82) is 0 Å². The van der Waals surface area contributed by atoms with E-state index in [-0.39, 0.29) is 0 Å². The van der Waals surface area contributed by atoms with Gasteiger partial charge >= 0.3 is 0 Å². The lowest BCUT2D eigenvalue weighted by Crippen LogP contribution is -2.45. The van der Waals surface area contributed by atoms with Crippen molar-refractivity contribution in [1.82, 2.24) is 15.1 Å². The fraction of sp³-hybridized carbons (Fsp3) is 0.583. The maximum Gasteiger partial charge on any atom is 0.0604 e. The van der Waals surface area contributed by atoms with Gasteiger partial charge in [0.15, 0.2) is 0 Å². The van der Waals surface area contributed by atoms with Gasteiger partial charge < -0.3 is 10.1 Å². The van der Waals surface area contributed by atoms with E-state index < -0.39 is 0 Å². The van der Waals surface area contributed by atoms with Gasteiger partial charge in [-0.05, 0) is 19.8 Å². The highest BCUT2D eigenvalue weighted by atomic mass is 16.5. The van der Waals surface area contributed by atoms with Crippen LogP contribution in [0.1, 0.15) is 25.3 Å². The molecular weight excluding hydrogens is 202 g/mol. The summed E-state index contributed by atoms with van der Waals surface area (Å²) in [5.74, 6) is 0. The van der Waals surface area contributed by atoms with Gasteiger partial charge in [0.1, 0.15) is 0 Å². The molecule has 1 aliphatic rings. The fourth-order valence-corrected chi connectivity index (χ4v) is 1.93.